The number of hydrogen-bond acceptors (Lipinski definition) is 2. The maximum Gasteiger partial charge on any atom is 0.0698 e. The van der Waals surface area contributed by atoms with Crippen LogP contribution in [0.4, 0.5) is 0 Å². The molecule has 2 atom stereocenters. The van der Waals surface area contributed by atoms with E-state index in [2.05, 4.69) is 18.7 Å². The van der Waals surface area contributed by atoms with Crippen LogP contribution >= 0.6 is 0 Å². The molecule has 12 heavy (non-hydrogen) atoms. The van der Waals surface area contributed by atoms with Crippen LogP contribution in [0.3, 0.4) is 0 Å². The summed E-state index contributed by atoms with van der Waals surface area (Å²) < 4.78 is 5.32. The SMILES string of the molecule is C.CCN1CCC[C@H]1[C@H](C)OC. The van der Waals surface area contributed by atoms with E-state index in [0.717, 1.165) is 0 Å². The first kappa shape index (κ1) is 11.9. The molecule has 0 amide bonds. The summed E-state index contributed by atoms with van der Waals surface area (Å²) in [6.45, 7) is 6.81. The van der Waals surface area contributed by atoms with Gasteiger partial charge in [-0.05, 0) is 32.9 Å². The predicted molar refractivity (Wildman–Crippen MR) is 53.5 cm³/mol. The lowest BCUT2D eigenvalue weighted by atomic mass is 10.1. The van der Waals surface area contributed by atoms with E-state index >= 15 is 0 Å². The molecule has 0 aromatic carbocycles. The van der Waals surface area contributed by atoms with Gasteiger partial charge in [0.25, 0.3) is 0 Å². The van der Waals surface area contributed by atoms with Gasteiger partial charge in [-0.25, -0.2) is 0 Å². The molecule has 74 valence electrons. The lowest BCUT2D eigenvalue weighted by Gasteiger charge is -2.27. The number of rotatable bonds is 3. The summed E-state index contributed by atoms with van der Waals surface area (Å²) in [4.78, 5) is 2.51. The van der Waals surface area contributed by atoms with Gasteiger partial charge in [0.2, 0.25) is 0 Å². The minimum Gasteiger partial charge on any atom is -0.380 e. The van der Waals surface area contributed by atoms with Crippen LogP contribution in [0.25, 0.3) is 0 Å². The second-order valence-electron chi connectivity index (χ2n) is 3.28. The second kappa shape index (κ2) is 5.55. The zero-order valence-corrected chi connectivity index (χ0v) is 7.84. The van der Waals surface area contributed by atoms with Crippen molar-refractivity contribution in [3.8, 4) is 0 Å². The van der Waals surface area contributed by atoms with Crippen LogP contribution in [0, 0.1) is 0 Å². The highest BCUT2D eigenvalue weighted by atomic mass is 16.5. The van der Waals surface area contributed by atoms with Crippen LogP contribution in [0.15, 0.2) is 0 Å². The number of hydrogen-bond donors (Lipinski definition) is 0. The van der Waals surface area contributed by atoms with Gasteiger partial charge in [-0.2, -0.15) is 0 Å². The second-order valence-corrected chi connectivity index (χ2v) is 3.28. The molecule has 0 saturated carbocycles. The summed E-state index contributed by atoms with van der Waals surface area (Å²) in [5.41, 5.74) is 0. The summed E-state index contributed by atoms with van der Waals surface area (Å²) in [5, 5.41) is 0. The fourth-order valence-corrected chi connectivity index (χ4v) is 1.93. The Bertz CT molecular complexity index is 116. The van der Waals surface area contributed by atoms with Gasteiger partial charge in [0.15, 0.2) is 0 Å². The highest BCUT2D eigenvalue weighted by Crippen LogP contribution is 2.20. The van der Waals surface area contributed by atoms with Crippen molar-refractivity contribution in [3.63, 3.8) is 0 Å². The molecular weight excluding hydrogens is 150 g/mol. The topological polar surface area (TPSA) is 12.5 Å². The standard InChI is InChI=1S/C9H19NO.CH4/c1-4-10-7-5-6-9(10)8(2)11-3;/h8-9H,4-7H2,1-3H3;1H4/t8-,9-;/m0./s1. The Balaban J connectivity index is 0.00000121. The third-order valence-corrected chi connectivity index (χ3v) is 2.73. The zero-order chi connectivity index (χ0) is 8.27. The summed E-state index contributed by atoms with van der Waals surface area (Å²) >= 11 is 0. The summed E-state index contributed by atoms with van der Waals surface area (Å²) in [5.74, 6) is 0. The van der Waals surface area contributed by atoms with E-state index in [1.807, 2.05) is 0 Å². The fraction of sp³-hybridized carbons (Fsp3) is 1.00. The first-order valence-electron chi connectivity index (χ1n) is 4.56. The molecule has 1 aliphatic rings. The Morgan fingerprint density at radius 2 is 2.25 bits per heavy atom. The van der Waals surface area contributed by atoms with Crippen molar-refractivity contribution < 1.29 is 4.74 Å². The van der Waals surface area contributed by atoms with Gasteiger partial charge in [0.05, 0.1) is 6.10 Å². The van der Waals surface area contributed by atoms with Gasteiger partial charge < -0.3 is 4.74 Å². The highest BCUT2D eigenvalue weighted by molar-refractivity contribution is 4.82. The molecule has 2 heteroatoms. The smallest absolute Gasteiger partial charge is 0.0698 e. The minimum atomic E-state index is 0. The molecule has 0 aromatic heterocycles. The number of ether oxygens (including phenoxy) is 1. The average Bonchev–Trinajstić information content (AvgIpc) is 2.50. The monoisotopic (exact) mass is 173 g/mol. The molecule has 1 aliphatic heterocycles. The van der Waals surface area contributed by atoms with Crippen molar-refractivity contribution in [1.82, 2.24) is 4.90 Å². The summed E-state index contributed by atoms with van der Waals surface area (Å²) in [6, 6.07) is 0.671. The van der Waals surface area contributed by atoms with Crippen molar-refractivity contribution >= 4 is 0 Å². The first-order chi connectivity index (χ1) is 5.29. The number of nitrogens with zero attached hydrogens (tertiary/aromatic N) is 1. The first-order valence-corrected chi connectivity index (χ1v) is 4.56. The van der Waals surface area contributed by atoms with Crippen LogP contribution in [-0.4, -0.2) is 37.2 Å². The van der Waals surface area contributed by atoms with Crippen molar-refractivity contribution in [3.05, 3.63) is 0 Å². The Morgan fingerprint density at radius 3 is 2.75 bits per heavy atom. The normalized spacial score (nSPS) is 26.8. The summed E-state index contributed by atoms with van der Waals surface area (Å²) in [7, 11) is 1.80. The zero-order valence-electron chi connectivity index (χ0n) is 7.84. The predicted octanol–water partition coefficient (Wildman–Crippen LogP) is 2.14. The van der Waals surface area contributed by atoms with Crippen LogP contribution in [-0.2, 0) is 4.74 Å². The van der Waals surface area contributed by atoms with E-state index in [9.17, 15) is 0 Å². The third kappa shape index (κ3) is 2.46. The molecule has 0 bridgehead atoms. The Labute approximate surface area is 76.9 Å². The minimum absolute atomic E-state index is 0. The molecule has 0 aromatic rings. The molecule has 0 radical (unpaired) electrons. The quantitative estimate of drug-likeness (QED) is 0.648. The lowest BCUT2D eigenvalue weighted by Crippen LogP contribution is -2.38. The molecule has 1 heterocycles. The molecule has 0 spiro atoms. The summed E-state index contributed by atoms with van der Waals surface area (Å²) in [6.07, 6.45) is 3.05. The number of likely N-dealkylation sites (tertiary alicyclic amines) is 1. The van der Waals surface area contributed by atoms with E-state index in [0.29, 0.717) is 12.1 Å². The van der Waals surface area contributed by atoms with Crippen LogP contribution < -0.4 is 0 Å². The molecule has 2 nitrogen and oxygen atoms in total. The van der Waals surface area contributed by atoms with E-state index in [-0.39, 0.29) is 7.43 Å². The largest absolute Gasteiger partial charge is 0.380 e. The molecular formula is C10H23NO. The highest BCUT2D eigenvalue weighted by Gasteiger charge is 2.27. The van der Waals surface area contributed by atoms with Crippen LogP contribution in [0.5, 0.6) is 0 Å². The van der Waals surface area contributed by atoms with Gasteiger partial charge in [-0.15, -0.1) is 0 Å². The third-order valence-electron chi connectivity index (χ3n) is 2.73. The molecule has 1 saturated heterocycles. The van der Waals surface area contributed by atoms with Crippen molar-refractivity contribution in [1.29, 1.82) is 0 Å². The van der Waals surface area contributed by atoms with Crippen molar-refractivity contribution in [2.75, 3.05) is 20.2 Å². The van der Waals surface area contributed by atoms with Gasteiger partial charge in [0.1, 0.15) is 0 Å². The van der Waals surface area contributed by atoms with E-state index < -0.39 is 0 Å². The lowest BCUT2D eigenvalue weighted by molar-refractivity contribution is 0.0459. The van der Waals surface area contributed by atoms with E-state index in [4.69, 9.17) is 4.74 Å². The average molecular weight is 173 g/mol. The maximum absolute atomic E-state index is 5.32. The van der Waals surface area contributed by atoms with E-state index in [1.54, 1.807) is 7.11 Å². The molecule has 1 rings (SSSR count). The molecule has 0 N–H and O–H groups in total. The van der Waals surface area contributed by atoms with E-state index in [1.165, 1.54) is 25.9 Å². The van der Waals surface area contributed by atoms with Gasteiger partial charge in [-0.1, -0.05) is 14.4 Å². The molecule has 1 fully saturated rings. The fourth-order valence-electron chi connectivity index (χ4n) is 1.93. The molecule has 0 aliphatic carbocycles. The van der Waals surface area contributed by atoms with Crippen molar-refractivity contribution in [2.24, 2.45) is 0 Å². The number of methoxy groups -OCH3 is 1. The van der Waals surface area contributed by atoms with Crippen LogP contribution in [0.1, 0.15) is 34.1 Å². The Hall–Kier alpha value is -0.0800. The Kier molecular flexibility index (Phi) is 5.51. The van der Waals surface area contributed by atoms with Gasteiger partial charge in [-0.3, -0.25) is 4.90 Å². The maximum atomic E-state index is 5.32. The number of likely N-dealkylation sites (N-methyl/N-ethyl adjacent to an activating group) is 1. The van der Waals surface area contributed by atoms with Crippen molar-refractivity contribution in [2.45, 2.75) is 46.3 Å². The molecule has 0 unspecified atom stereocenters. The van der Waals surface area contributed by atoms with Gasteiger partial charge >= 0.3 is 0 Å². The van der Waals surface area contributed by atoms with Gasteiger partial charge in [0, 0.05) is 13.2 Å². The Morgan fingerprint density at radius 1 is 1.58 bits per heavy atom. The van der Waals surface area contributed by atoms with Crippen LogP contribution in [0.2, 0.25) is 0 Å².